The number of benzene rings is 2. The molecular weight excluding hydrogens is 474 g/mol. The highest BCUT2D eigenvalue weighted by Crippen LogP contribution is 2.29. The SMILES string of the molecule is Cc1ccccc1-n1c(SCC(=O)NCC(=O)Nc2ccc(F)c(F)c2)nnc1-c1cccnc1. The Hall–Kier alpha value is -4.12. The third-order valence-corrected chi connectivity index (χ3v) is 5.82. The maximum atomic E-state index is 13.3. The van der Waals surface area contributed by atoms with Gasteiger partial charge in [-0.05, 0) is 42.8 Å². The summed E-state index contributed by atoms with van der Waals surface area (Å²) >= 11 is 1.17. The Balaban J connectivity index is 1.42. The number of rotatable bonds is 8. The molecule has 0 aliphatic heterocycles. The number of aromatic nitrogens is 4. The largest absolute Gasteiger partial charge is 0.346 e. The fourth-order valence-electron chi connectivity index (χ4n) is 3.22. The molecule has 0 saturated carbocycles. The highest BCUT2D eigenvalue weighted by atomic mass is 32.2. The van der Waals surface area contributed by atoms with Crippen LogP contribution in [-0.4, -0.2) is 43.9 Å². The minimum atomic E-state index is -1.08. The van der Waals surface area contributed by atoms with E-state index in [9.17, 15) is 18.4 Å². The van der Waals surface area contributed by atoms with Crippen molar-refractivity contribution in [2.45, 2.75) is 12.1 Å². The van der Waals surface area contributed by atoms with Crippen LogP contribution in [0.3, 0.4) is 0 Å². The average molecular weight is 495 g/mol. The quantitative estimate of drug-likeness (QED) is 0.362. The zero-order chi connectivity index (χ0) is 24.8. The molecule has 178 valence electrons. The number of para-hydroxylation sites is 1. The van der Waals surface area contributed by atoms with Gasteiger partial charge in [-0.1, -0.05) is 30.0 Å². The van der Waals surface area contributed by atoms with Gasteiger partial charge >= 0.3 is 0 Å². The standard InChI is InChI=1S/C24H20F2N6O2S/c1-15-5-2-3-7-20(15)32-23(16-6-4-10-27-12-16)30-31-24(32)35-14-22(34)28-13-21(33)29-17-8-9-18(25)19(26)11-17/h2-12H,13-14H2,1H3,(H,28,34)(H,29,33). The first-order valence-electron chi connectivity index (χ1n) is 10.5. The lowest BCUT2D eigenvalue weighted by molar-refractivity contribution is -0.122. The summed E-state index contributed by atoms with van der Waals surface area (Å²) in [5.74, 6) is -2.50. The predicted molar refractivity (Wildman–Crippen MR) is 128 cm³/mol. The van der Waals surface area contributed by atoms with Crippen LogP contribution in [0.4, 0.5) is 14.5 Å². The van der Waals surface area contributed by atoms with Crippen LogP contribution < -0.4 is 10.6 Å². The van der Waals surface area contributed by atoms with Gasteiger partial charge in [-0.2, -0.15) is 0 Å². The maximum absolute atomic E-state index is 13.3. The summed E-state index contributed by atoms with van der Waals surface area (Å²) in [6.07, 6.45) is 3.35. The molecule has 2 amide bonds. The molecule has 0 spiro atoms. The number of carbonyl (C=O) groups excluding carboxylic acids is 2. The van der Waals surface area contributed by atoms with E-state index < -0.39 is 23.4 Å². The average Bonchev–Trinajstić information content (AvgIpc) is 3.28. The van der Waals surface area contributed by atoms with Gasteiger partial charge in [0.25, 0.3) is 0 Å². The molecule has 0 fully saturated rings. The van der Waals surface area contributed by atoms with Gasteiger partial charge in [-0.25, -0.2) is 8.78 Å². The summed E-state index contributed by atoms with van der Waals surface area (Å²) in [5.41, 5.74) is 2.73. The molecule has 0 saturated heterocycles. The van der Waals surface area contributed by atoms with E-state index >= 15 is 0 Å². The van der Waals surface area contributed by atoms with Crippen LogP contribution in [-0.2, 0) is 9.59 Å². The van der Waals surface area contributed by atoms with Crippen molar-refractivity contribution in [1.82, 2.24) is 25.1 Å². The lowest BCUT2D eigenvalue weighted by atomic mass is 10.2. The van der Waals surface area contributed by atoms with Crippen LogP contribution in [0.2, 0.25) is 0 Å². The number of aryl methyl sites for hydroxylation is 1. The third kappa shape index (κ3) is 5.87. The molecule has 0 unspecified atom stereocenters. The molecule has 4 rings (SSSR count). The number of pyridine rings is 1. The summed E-state index contributed by atoms with van der Waals surface area (Å²) in [5, 5.41) is 14.0. The molecule has 35 heavy (non-hydrogen) atoms. The smallest absolute Gasteiger partial charge is 0.243 e. The molecule has 0 radical (unpaired) electrons. The molecule has 2 aromatic carbocycles. The summed E-state index contributed by atoms with van der Waals surface area (Å²) in [6, 6.07) is 14.4. The molecule has 0 aliphatic rings. The van der Waals surface area contributed by atoms with E-state index in [1.165, 1.54) is 17.8 Å². The van der Waals surface area contributed by atoms with Crippen molar-refractivity contribution in [2.24, 2.45) is 0 Å². The van der Waals surface area contributed by atoms with Crippen LogP contribution in [0.25, 0.3) is 17.1 Å². The summed E-state index contributed by atoms with van der Waals surface area (Å²) in [4.78, 5) is 28.6. The molecule has 11 heteroatoms. The summed E-state index contributed by atoms with van der Waals surface area (Å²) in [7, 11) is 0. The first kappa shape index (κ1) is 24.0. The Morgan fingerprint density at radius 1 is 1.00 bits per heavy atom. The number of amides is 2. The Morgan fingerprint density at radius 3 is 2.57 bits per heavy atom. The lowest BCUT2D eigenvalue weighted by Crippen LogP contribution is -2.34. The van der Waals surface area contributed by atoms with E-state index in [1.807, 2.05) is 41.8 Å². The molecule has 0 aliphatic carbocycles. The van der Waals surface area contributed by atoms with Gasteiger partial charge in [0.1, 0.15) is 0 Å². The Morgan fingerprint density at radius 2 is 1.83 bits per heavy atom. The number of anilines is 1. The Kier molecular flexibility index (Phi) is 7.46. The van der Waals surface area contributed by atoms with Crippen LogP contribution in [0.5, 0.6) is 0 Å². The molecule has 4 aromatic rings. The van der Waals surface area contributed by atoms with E-state index in [0.29, 0.717) is 11.0 Å². The van der Waals surface area contributed by atoms with E-state index in [1.54, 1.807) is 18.5 Å². The minimum Gasteiger partial charge on any atom is -0.346 e. The van der Waals surface area contributed by atoms with Gasteiger partial charge in [-0.15, -0.1) is 10.2 Å². The number of thioether (sulfide) groups is 1. The monoisotopic (exact) mass is 494 g/mol. The molecule has 0 bridgehead atoms. The van der Waals surface area contributed by atoms with E-state index in [4.69, 9.17) is 0 Å². The van der Waals surface area contributed by atoms with Crippen molar-refractivity contribution in [3.8, 4) is 17.1 Å². The molecular formula is C24H20F2N6O2S. The van der Waals surface area contributed by atoms with E-state index in [2.05, 4.69) is 25.8 Å². The van der Waals surface area contributed by atoms with Crippen molar-refractivity contribution in [3.63, 3.8) is 0 Å². The predicted octanol–water partition coefficient (Wildman–Crippen LogP) is 3.76. The Labute approximate surface area is 203 Å². The molecule has 8 nitrogen and oxygen atoms in total. The number of halogens is 2. The molecule has 2 N–H and O–H groups in total. The second kappa shape index (κ2) is 10.9. The highest BCUT2D eigenvalue weighted by Gasteiger charge is 2.19. The van der Waals surface area contributed by atoms with Crippen LogP contribution in [0.15, 0.2) is 72.1 Å². The zero-order valence-corrected chi connectivity index (χ0v) is 19.4. The number of carbonyl (C=O) groups is 2. The van der Waals surface area contributed by atoms with Crippen molar-refractivity contribution in [2.75, 3.05) is 17.6 Å². The maximum Gasteiger partial charge on any atom is 0.243 e. The first-order valence-corrected chi connectivity index (χ1v) is 11.5. The highest BCUT2D eigenvalue weighted by molar-refractivity contribution is 7.99. The number of hydrogen-bond donors (Lipinski definition) is 2. The van der Waals surface area contributed by atoms with Crippen LogP contribution >= 0.6 is 11.8 Å². The fourth-order valence-corrected chi connectivity index (χ4v) is 3.99. The van der Waals surface area contributed by atoms with Crippen LogP contribution in [0.1, 0.15) is 5.56 Å². The minimum absolute atomic E-state index is 0.0183. The second-order valence-corrected chi connectivity index (χ2v) is 8.35. The van der Waals surface area contributed by atoms with Gasteiger partial charge in [0.2, 0.25) is 11.8 Å². The number of hydrogen-bond acceptors (Lipinski definition) is 6. The van der Waals surface area contributed by atoms with Crippen molar-refractivity contribution < 1.29 is 18.4 Å². The van der Waals surface area contributed by atoms with Crippen molar-refractivity contribution >= 4 is 29.3 Å². The molecule has 2 heterocycles. The topological polar surface area (TPSA) is 102 Å². The van der Waals surface area contributed by atoms with Crippen LogP contribution in [0, 0.1) is 18.6 Å². The van der Waals surface area contributed by atoms with E-state index in [-0.39, 0.29) is 18.0 Å². The number of nitrogens with one attached hydrogen (secondary N) is 2. The second-order valence-electron chi connectivity index (χ2n) is 7.41. The van der Waals surface area contributed by atoms with Gasteiger partial charge in [0, 0.05) is 29.7 Å². The van der Waals surface area contributed by atoms with Gasteiger partial charge < -0.3 is 10.6 Å². The van der Waals surface area contributed by atoms with Crippen molar-refractivity contribution in [1.29, 1.82) is 0 Å². The summed E-state index contributed by atoms with van der Waals surface area (Å²) in [6.45, 7) is 1.64. The van der Waals surface area contributed by atoms with Gasteiger partial charge in [0.15, 0.2) is 22.6 Å². The molecule has 2 aromatic heterocycles. The first-order chi connectivity index (χ1) is 16.9. The fraction of sp³-hybridized carbons (Fsp3) is 0.125. The van der Waals surface area contributed by atoms with Gasteiger partial charge in [-0.3, -0.25) is 19.1 Å². The number of nitrogens with zero attached hydrogens (tertiary/aromatic N) is 4. The Bertz CT molecular complexity index is 1360. The zero-order valence-electron chi connectivity index (χ0n) is 18.5. The lowest BCUT2D eigenvalue weighted by Gasteiger charge is -2.12. The molecule has 0 atom stereocenters. The van der Waals surface area contributed by atoms with Gasteiger partial charge in [0.05, 0.1) is 18.0 Å². The normalized spacial score (nSPS) is 10.7. The van der Waals surface area contributed by atoms with E-state index in [0.717, 1.165) is 28.9 Å². The third-order valence-electron chi connectivity index (χ3n) is 4.89. The van der Waals surface area contributed by atoms with Crippen molar-refractivity contribution in [3.05, 3.63) is 84.2 Å². The summed E-state index contributed by atoms with van der Waals surface area (Å²) < 4.78 is 28.2.